The van der Waals surface area contributed by atoms with Crippen LogP contribution in [0, 0.1) is 6.92 Å². The van der Waals surface area contributed by atoms with Crippen molar-refractivity contribution in [3.63, 3.8) is 0 Å². The van der Waals surface area contributed by atoms with E-state index < -0.39 is 6.04 Å². The molecule has 0 amide bonds. The summed E-state index contributed by atoms with van der Waals surface area (Å²) in [6.07, 6.45) is 0. The summed E-state index contributed by atoms with van der Waals surface area (Å²) in [6, 6.07) is 3.38. The maximum absolute atomic E-state index is 9.03. The van der Waals surface area contributed by atoms with Crippen LogP contribution in [0.5, 0.6) is 0 Å². The normalized spacial score (nSPS) is 12.7. The zero-order valence-corrected chi connectivity index (χ0v) is 11.6. The summed E-state index contributed by atoms with van der Waals surface area (Å²) in [5.41, 5.74) is 7.42. The van der Waals surface area contributed by atoms with Gasteiger partial charge < -0.3 is 10.8 Å². The average molecular weight is 314 g/mol. The van der Waals surface area contributed by atoms with Crippen LogP contribution in [-0.4, -0.2) is 21.7 Å². The van der Waals surface area contributed by atoms with E-state index in [1.165, 1.54) is 0 Å². The van der Waals surface area contributed by atoms with Gasteiger partial charge in [-0.05, 0) is 35.0 Å². The molecule has 0 aliphatic rings. The lowest BCUT2D eigenvalue weighted by Gasteiger charge is -2.09. The van der Waals surface area contributed by atoms with Crippen molar-refractivity contribution < 1.29 is 5.11 Å². The molecule has 0 aliphatic heterocycles. The van der Waals surface area contributed by atoms with Crippen molar-refractivity contribution >= 4 is 27.3 Å². The van der Waals surface area contributed by atoms with E-state index in [0.29, 0.717) is 5.82 Å². The van der Waals surface area contributed by atoms with Gasteiger partial charge in [-0.15, -0.1) is 11.3 Å². The minimum atomic E-state index is -0.531. The van der Waals surface area contributed by atoms with Crippen LogP contribution in [0.25, 0.3) is 10.6 Å². The van der Waals surface area contributed by atoms with Crippen LogP contribution in [0.15, 0.2) is 22.0 Å². The van der Waals surface area contributed by atoms with E-state index in [-0.39, 0.29) is 6.61 Å². The second kappa shape index (κ2) is 5.22. The average Bonchev–Trinajstić information content (AvgIpc) is 2.74. The number of aliphatic hydroxyl groups excluding tert-OH is 1. The summed E-state index contributed by atoms with van der Waals surface area (Å²) in [7, 11) is 0. The molecule has 2 rings (SSSR count). The molecule has 0 fully saturated rings. The van der Waals surface area contributed by atoms with Crippen LogP contribution in [-0.2, 0) is 0 Å². The van der Waals surface area contributed by atoms with Crippen molar-refractivity contribution in [1.29, 1.82) is 0 Å². The lowest BCUT2D eigenvalue weighted by molar-refractivity contribution is 0.263. The third-order valence-electron chi connectivity index (χ3n) is 2.22. The molecule has 0 bridgehead atoms. The van der Waals surface area contributed by atoms with Crippen LogP contribution in [0.3, 0.4) is 0 Å². The molecule has 2 heterocycles. The highest BCUT2D eigenvalue weighted by Crippen LogP contribution is 2.29. The van der Waals surface area contributed by atoms with Crippen molar-refractivity contribution in [3.05, 3.63) is 33.5 Å². The Morgan fingerprint density at radius 2 is 2.24 bits per heavy atom. The van der Waals surface area contributed by atoms with Crippen LogP contribution >= 0.6 is 27.3 Å². The summed E-state index contributed by atoms with van der Waals surface area (Å²) >= 11 is 5.01. The molecule has 0 spiro atoms. The van der Waals surface area contributed by atoms with Gasteiger partial charge in [0.15, 0.2) is 0 Å². The topological polar surface area (TPSA) is 72.0 Å². The van der Waals surface area contributed by atoms with Gasteiger partial charge in [-0.2, -0.15) is 0 Å². The summed E-state index contributed by atoms with van der Waals surface area (Å²) in [4.78, 5) is 9.66. The highest BCUT2D eigenvalue weighted by atomic mass is 79.9. The second-order valence-electron chi connectivity index (χ2n) is 3.67. The first-order chi connectivity index (χ1) is 8.10. The van der Waals surface area contributed by atoms with Crippen LogP contribution in [0.1, 0.15) is 17.6 Å². The summed E-state index contributed by atoms with van der Waals surface area (Å²) in [5.74, 6) is 0.479. The van der Waals surface area contributed by atoms with E-state index in [9.17, 15) is 0 Å². The standard InChI is InChI=1S/C11H12BrN3OS/c1-6-2-9(10-3-7(12)5-17-10)15-11(14-6)8(13)4-16/h2-3,5,8,16H,4,13H2,1H3. The smallest absolute Gasteiger partial charge is 0.148 e. The predicted octanol–water partition coefficient (Wildman–Crippen LogP) is 2.27. The number of nitrogens with two attached hydrogens (primary N) is 1. The number of aliphatic hydroxyl groups is 1. The molecule has 1 unspecified atom stereocenters. The largest absolute Gasteiger partial charge is 0.394 e. The van der Waals surface area contributed by atoms with Crippen molar-refractivity contribution in [2.75, 3.05) is 6.61 Å². The molecule has 0 saturated carbocycles. The Bertz CT molecular complexity index is 529. The third-order valence-corrected chi connectivity index (χ3v) is 3.93. The van der Waals surface area contributed by atoms with Crippen molar-refractivity contribution in [2.24, 2.45) is 5.73 Å². The van der Waals surface area contributed by atoms with Gasteiger partial charge in [-0.1, -0.05) is 0 Å². The first-order valence-corrected chi connectivity index (χ1v) is 6.74. The van der Waals surface area contributed by atoms with E-state index in [2.05, 4.69) is 25.9 Å². The number of hydrogen-bond donors (Lipinski definition) is 2. The highest BCUT2D eigenvalue weighted by Gasteiger charge is 2.12. The number of hydrogen-bond acceptors (Lipinski definition) is 5. The number of rotatable bonds is 3. The van der Waals surface area contributed by atoms with Crippen LogP contribution < -0.4 is 5.73 Å². The summed E-state index contributed by atoms with van der Waals surface area (Å²) < 4.78 is 1.03. The molecular weight excluding hydrogens is 302 g/mol. The van der Waals surface area contributed by atoms with E-state index in [1.54, 1.807) is 11.3 Å². The van der Waals surface area contributed by atoms with Crippen LogP contribution in [0.4, 0.5) is 0 Å². The lowest BCUT2D eigenvalue weighted by atomic mass is 10.2. The van der Waals surface area contributed by atoms with E-state index in [0.717, 1.165) is 20.7 Å². The molecule has 2 aromatic rings. The molecule has 6 heteroatoms. The fourth-order valence-corrected chi connectivity index (χ4v) is 2.80. The molecular formula is C11H12BrN3OS. The molecule has 2 aromatic heterocycles. The maximum atomic E-state index is 9.03. The van der Waals surface area contributed by atoms with Gasteiger partial charge in [0.25, 0.3) is 0 Å². The van der Waals surface area contributed by atoms with E-state index in [1.807, 2.05) is 24.4 Å². The fraction of sp³-hybridized carbons (Fsp3) is 0.273. The SMILES string of the molecule is Cc1cc(-c2cc(Br)cs2)nc(C(N)CO)n1. The number of halogens is 1. The number of aryl methyl sites for hydroxylation is 1. The van der Waals surface area contributed by atoms with Gasteiger partial charge in [0.1, 0.15) is 5.82 Å². The first-order valence-electron chi connectivity index (χ1n) is 5.06. The quantitative estimate of drug-likeness (QED) is 0.911. The van der Waals surface area contributed by atoms with Crippen molar-refractivity contribution in [2.45, 2.75) is 13.0 Å². The number of aromatic nitrogens is 2. The molecule has 1 atom stereocenters. The molecule has 4 nitrogen and oxygen atoms in total. The minimum Gasteiger partial charge on any atom is -0.394 e. The molecule has 0 aromatic carbocycles. The lowest BCUT2D eigenvalue weighted by Crippen LogP contribution is -2.18. The van der Waals surface area contributed by atoms with Crippen molar-refractivity contribution in [3.8, 4) is 10.6 Å². The molecule has 17 heavy (non-hydrogen) atoms. The van der Waals surface area contributed by atoms with Crippen LogP contribution in [0.2, 0.25) is 0 Å². The monoisotopic (exact) mass is 313 g/mol. The van der Waals surface area contributed by atoms with E-state index in [4.69, 9.17) is 10.8 Å². The Labute approximate surface area is 112 Å². The Morgan fingerprint density at radius 3 is 2.82 bits per heavy atom. The van der Waals surface area contributed by atoms with Gasteiger partial charge in [0.05, 0.1) is 23.2 Å². The Hall–Kier alpha value is -0.820. The van der Waals surface area contributed by atoms with Gasteiger partial charge >= 0.3 is 0 Å². The predicted molar refractivity (Wildman–Crippen MR) is 71.8 cm³/mol. The zero-order valence-electron chi connectivity index (χ0n) is 9.22. The Kier molecular flexibility index (Phi) is 3.88. The number of nitrogens with zero attached hydrogens (tertiary/aromatic N) is 2. The molecule has 90 valence electrons. The fourth-order valence-electron chi connectivity index (χ4n) is 1.41. The summed E-state index contributed by atoms with van der Waals surface area (Å²) in [5, 5.41) is 11.0. The zero-order chi connectivity index (χ0) is 12.4. The third kappa shape index (κ3) is 2.90. The van der Waals surface area contributed by atoms with Gasteiger partial charge in [-0.3, -0.25) is 0 Å². The molecule has 0 saturated heterocycles. The second-order valence-corrected chi connectivity index (χ2v) is 5.50. The first kappa shape index (κ1) is 12.6. The minimum absolute atomic E-state index is 0.156. The van der Waals surface area contributed by atoms with Gasteiger partial charge in [-0.25, -0.2) is 9.97 Å². The highest BCUT2D eigenvalue weighted by molar-refractivity contribution is 9.10. The Balaban J connectivity index is 2.44. The Morgan fingerprint density at radius 1 is 1.47 bits per heavy atom. The van der Waals surface area contributed by atoms with Gasteiger partial charge in [0.2, 0.25) is 0 Å². The summed E-state index contributed by atoms with van der Waals surface area (Å²) in [6.45, 7) is 1.73. The van der Waals surface area contributed by atoms with Gasteiger partial charge in [0, 0.05) is 15.5 Å². The molecule has 3 N–H and O–H groups in total. The maximum Gasteiger partial charge on any atom is 0.148 e. The van der Waals surface area contributed by atoms with E-state index >= 15 is 0 Å². The molecule has 0 radical (unpaired) electrons. The molecule has 0 aliphatic carbocycles. The van der Waals surface area contributed by atoms with Crippen molar-refractivity contribution in [1.82, 2.24) is 9.97 Å². The number of thiophene rings is 1.